The molecular weight excluding hydrogens is 262 g/mol. The van der Waals surface area contributed by atoms with Crippen LogP contribution in [0, 0.1) is 0 Å². The molecule has 0 aliphatic heterocycles. The summed E-state index contributed by atoms with van der Waals surface area (Å²) in [7, 11) is -2.94. The van der Waals surface area contributed by atoms with Crippen molar-refractivity contribution in [2.45, 2.75) is 18.9 Å². The third-order valence-corrected chi connectivity index (χ3v) is 3.68. The number of hydrogen-bond donors (Lipinski definition) is 2. The standard InChI is InChI=1S/C10H16ClN3O2S/c1-17(15,16)7-3-5-9(14-12)10-8(11)4-2-6-13-10/h2,4,6,9,14H,3,5,7,12H2,1H3. The molecule has 0 amide bonds. The second-order valence-corrected chi connectivity index (χ2v) is 6.53. The van der Waals surface area contributed by atoms with Gasteiger partial charge in [0.25, 0.3) is 0 Å². The number of nitrogens with zero attached hydrogens (tertiary/aromatic N) is 1. The van der Waals surface area contributed by atoms with Gasteiger partial charge in [-0.15, -0.1) is 0 Å². The molecule has 0 saturated heterocycles. The molecule has 1 heterocycles. The number of aromatic nitrogens is 1. The van der Waals surface area contributed by atoms with E-state index in [1.807, 2.05) is 0 Å². The second-order valence-electron chi connectivity index (χ2n) is 3.86. The molecule has 5 nitrogen and oxygen atoms in total. The van der Waals surface area contributed by atoms with Crippen molar-refractivity contribution < 1.29 is 8.42 Å². The van der Waals surface area contributed by atoms with Gasteiger partial charge in [-0.1, -0.05) is 11.6 Å². The van der Waals surface area contributed by atoms with Crippen LogP contribution in [-0.4, -0.2) is 25.4 Å². The van der Waals surface area contributed by atoms with Crippen molar-refractivity contribution >= 4 is 21.4 Å². The van der Waals surface area contributed by atoms with Crippen LogP contribution in [0.4, 0.5) is 0 Å². The molecule has 3 N–H and O–H groups in total. The van der Waals surface area contributed by atoms with Crippen LogP contribution in [0.15, 0.2) is 18.3 Å². The van der Waals surface area contributed by atoms with Gasteiger partial charge in [0.1, 0.15) is 9.84 Å². The molecule has 0 fully saturated rings. The Morgan fingerprint density at radius 1 is 1.59 bits per heavy atom. The van der Waals surface area contributed by atoms with Gasteiger partial charge in [0.05, 0.1) is 16.8 Å². The summed E-state index contributed by atoms with van der Waals surface area (Å²) in [6.07, 6.45) is 3.93. The molecule has 7 heteroatoms. The van der Waals surface area contributed by atoms with Gasteiger partial charge in [0, 0.05) is 18.2 Å². The first-order valence-corrected chi connectivity index (χ1v) is 7.62. The Hall–Kier alpha value is -0.690. The fraction of sp³-hybridized carbons (Fsp3) is 0.500. The number of hydrazine groups is 1. The lowest BCUT2D eigenvalue weighted by Gasteiger charge is -2.15. The number of halogens is 1. The van der Waals surface area contributed by atoms with Crippen LogP contribution < -0.4 is 11.3 Å². The van der Waals surface area contributed by atoms with E-state index >= 15 is 0 Å². The molecular formula is C10H16ClN3O2S. The van der Waals surface area contributed by atoms with E-state index in [0.717, 1.165) is 0 Å². The van der Waals surface area contributed by atoms with Gasteiger partial charge in [-0.2, -0.15) is 0 Å². The summed E-state index contributed by atoms with van der Waals surface area (Å²) < 4.78 is 22.0. The summed E-state index contributed by atoms with van der Waals surface area (Å²) >= 11 is 5.99. The van der Waals surface area contributed by atoms with Crippen molar-refractivity contribution in [3.63, 3.8) is 0 Å². The Morgan fingerprint density at radius 3 is 2.82 bits per heavy atom. The molecule has 1 rings (SSSR count). The van der Waals surface area contributed by atoms with Crippen LogP contribution in [0.1, 0.15) is 24.6 Å². The summed E-state index contributed by atoms with van der Waals surface area (Å²) in [5.74, 6) is 5.56. The quantitative estimate of drug-likeness (QED) is 0.600. The summed E-state index contributed by atoms with van der Waals surface area (Å²) in [5.41, 5.74) is 3.25. The number of hydrogen-bond acceptors (Lipinski definition) is 5. The number of rotatable bonds is 6. The predicted octanol–water partition coefficient (Wildman–Crippen LogP) is 1.06. The molecule has 0 radical (unpaired) electrons. The zero-order valence-corrected chi connectivity index (χ0v) is 11.1. The van der Waals surface area contributed by atoms with Crippen molar-refractivity contribution in [2.24, 2.45) is 5.84 Å². The minimum absolute atomic E-state index is 0.135. The van der Waals surface area contributed by atoms with Crippen LogP contribution in [0.25, 0.3) is 0 Å². The van der Waals surface area contributed by atoms with Gasteiger partial charge in [0.2, 0.25) is 0 Å². The first kappa shape index (κ1) is 14.4. The highest BCUT2D eigenvalue weighted by Crippen LogP contribution is 2.23. The molecule has 0 aliphatic rings. The normalized spacial score (nSPS) is 13.6. The molecule has 1 aromatic heterocycles. The van der Waals surface area contributed by atoms with E-state index in [1.165, 1.54) is 6.26 Å². The molecule has 1 atom stereocenters. The Morgan fingerprint density at radius 2 is 2.29 bits per heavy atom. The summed E-state index contributed by atoms with van der Waals surface area (Å²) in [5, 5.41) is 0.523. The molecule has 96 valence electrons. The van der Waals surface area contributed by atoms with Crippen molar-refractivity contribution in [1.29, 1.82) is 0 Å². The Balaban J connectivity index is 2.64. The predicted molar refractivity (Wildman–Crippen MR) is 68.3 cm³/mol. The SMILES string of the molecule is CS(=O)(=O)CCCC(NN)c1ncccc1Cl. The first-order valence-electron chi connectivity index (χ1n) is 5.18. The Labute approximate surface area is 106 Å². The third-order valence-electron chi connectivity index (χ3n) is 2.33. The first-order chi connectivity index (χ1) is 7.94. The molecule has 0 aromatic carbocycles. The number of pyridine rings is 1. The van der Waals surface area contributed by atoms with Gasteiger partial charge in [-0.3, -0.25) is 16.3 Å². The average molecular weight is 278 g/mol. The summed E-state index contributed by atoms with van der Waals surface area (Å²) in [6, 6.07) is 3.23. The minimum Gasteiger partial charge on any atom is -0.271 e. The van der Waals surface area contributed by atoms with Crippen LogP contribution in [0.5, 0.6) is 0 Å². The maximum Gasteiger partial charge on any atom is 0.147 e. The van der Waals surface area contributed by atoms with Gasteiger partial charge in [0.15, 0.2) is 0 Å². The van der Waals surface area contributed by atoms with E-state index in [0.29, 0.717) is 23.6 Å². The van der Waals surface area contributed by atoms with Gasteiger partial charge >= 0.3 is 0 Å². The summed E-state index contributed by atoms with van der Waals surface area (Å²) in [4.78, 5) is 4.14. The maximum absolute atomic E-state index is 11.0. The highest BCUT2D eigenvalue weighted by Gasteiger charge is 2.15. The highest BCUT2D eigenvalue weighted by molar-refractivity contribution is 7.90. The lowest BCUT2D eigenvalue weighted by Crippen LogP contribution is -2.29. The van der Waals surface area contributed by atoms with Crippen molar-refractivity contribution in [2.75, 3.05) is 12.0 Å². The van der Waals surface area contributed by atoms with Gasteiger partial charge in [-0.05, 0) is 25.0 Å². The zero-order valence-electron chi connectivity index (χ0n) is 9.56. The Kier molecular flexibility index (Phi) is 5.32. The van der Waals surface area contributed by atoms with E-state index in [4.69, 9.17) is 17.4 Å². The molecule has 1 aromatic rings. The molecule has 17 heavy (non-hydrogen) atoms. The molecule has 0 spiro atoms. The van der Waals surface area contributed by atoms with Crippen molar-refractivity contribution in [3.05, 3.63) is 29.0 Å². The smallest absolute Gasteiger partial charge is 0.147 e. The summed E-state index contributed by atoms with van der Waals surface area (Å²) in [6.45, 7) is 0. The van der Waals surface area contributed by atoms with E-state index < -0.39 is 9.84 Å². The van der Waals surface area contributed by atoms with Gasteiger partial charge < -0.3 is 0 Å². The monoisotopic (exact) mass is 277 g/mol. The lowest BCUT2D eigenvalue weighted by molar-refractivity contribution is 0.497. The number of nitrogens with two attached hydrogens (primary N) is 1. The molecule has 0 bridgehead atoms. The van der Waals surface area contributed by atoms with Crippen molar-refractivity contribution in [1.82, 2.24) is 10.4 Å². The maximum atomic E-state index is 11.0. The zero-order chi connectivity index (χ0) is 12.9. The molecule has 0 aliphatic carbocycles. The third kappa shape index (κ3) is 4.99. The minimum atomic E-state index is -2.94. The average Bonchev–Trinajstić information content (AvgIpc) is 2.24. The van der Waals surface area contributed by atoms with Crippen LogP contribution >= 0.6 is 11.6 Å². The lowest BCUT2D eigenvalue weighted by atomic mass is 10.1. The fourth-order valence-corrected chi connectivity index (χ4v) is 2.45. The molecule has 0 saturated carbocycles. The van der Waals surface area contributed by atoms with E-state index in [9.17, 15) is 8.42 Å². The number of nitrogens with one attached hydrogen (secondary N) is 1. The largest absolute Gasteiger partial charge is 0.271 e. The van der Waals surface area contributed by atoms with Crippen LogP contribution in [0.2, 0.25) is 5.02 Å². The second kappa shape index (κ2) is 6.30. The van der Waals surface area contributed by atoms with E-state index in [2.05, 4.69) is 10.4 Å². The molecule has 1 unspecified atom stereocenters. The fourth-order valence-electron chi connectivity index (χ4n) is 1.50. The van der Waals surface area contributed by atoms with Crippen LogP contribution in [-0.2, 0) is 9.84 Å². The van der Waals surface area contributed by atoms with E-state index in [1.54, 1.807) is 18.3 Å². The highest BCUT2D eigenvalue weighted by atomic mass is 35.5. The van der Waals surface area contributed by atoms with Crippen LogP contribution in [0.3, 0.4) is 0 Å². The topological polar surface area (TPSA) is 85.1 Å². The van der Waals surface area contributed by atoms with Crippen molar-refractivity contribution in [3.8, 4) is 0 Å². The van der Waals surface area contributed by atoms with E-state index in [-0.39, 0.29) is 11.8 Å². The number of sulfone groups is 1. The Bertz CT molecular complexity index is 464. The van der Waals surface area contributed by atoms with Gasteiger partial charge in [-0.25, -0.2) is 8.42 Å².